The van der Waals surface area contributed by atoms with Crippen molar-refractivity contribution in [3.8, 4) is 0 Å². The van der Waals surface area contributed by atoms with Gasteiger partial charge in [0.2, 0.25) is 11.8 Å². The molecular formula is C22H19BrN2O5. The number of imide groups is 1. The molecule has 1 saturated heterocycles. The number of nitrogens with zero attached hydrogens (tertiary/aromatic N) is 2. The Balaban J connectivity index is 1.85. The molecule has 0 spiro atoms. The molecule has 1 aliphatic rings. The quantitative estimate of drug-likeness (QED) is 0.495. The topological polar surface area (TPSA) is 95.0 Å². The number of anilines is 1. The zero-order valence-electron chi connectivity index (χ0n) is 15.9. The number of rotatable bonds is 7. The second-order valence-electron chi connectivity index (χ2n) is 6.70. The molecule has 1 fully saturated rings. The van der Waals surface area contributed by atoms with Gasteiger partial charge in [0.05, 0.1) is 12.1 Å². The highest BCUT2D eigenvalue weighted by Gasteiger charge is 2.43. The molecule has 1 unspecified atom stereocenters. The Labute approximate surface area is 181 Å². The molecule has 8 heteroatoms. The largest absolute Gasteiger partial charge is 0.478 e. The molecule has 1 atom stereocenters. The van der Waals surface area contributed by atoms with Gasteiger partial charge in [-0.05, 0) is 36.2 Å². The molecule has 2 aromatic rings. The van der Waals surface area contributed by atoms with Crippen LogP contribution in [-0.2, 0) is 25.6 Å². The lowest BCUT2D eigenvalue weighted by Crippen LogP contribution is -2.45. The minimum Gasteiger partial charge on any atom is -0.478 e. The summed E-state index contributed by atoms with van der Waals surface area (Å²) in [6.07, 6.45) is 1.94. The molecule has 0 radical (unpaired) electrons. The van der Waals surface area contributed by atoms with Crippen LogP contribution in [0.25, 0.3) is 0 Å². The summed E-state index contributed by atoms with van der Waals surface area (Å²) in [5.74, 6) is -2.81. The third-order valence-corrected chi connectivity index (χ3v) is 5.25. The van der Waals surface area contributed by atoms with Gasteiger partial charge in [0, 0.05) is 23.2 Å². The van der Waals surface area contributed by atoms with E-state index in [1.54, 1.807) is 24.3 Å². The van der Waals surface area contributed by atoms with Crippen molar-refractivity contribution in [3.05, 3.63) is 76.8 Å². The number of amides is 3. The van der Waals surface area contributed by atoms with Crippen LogP contribution >= 0.6 is 15.9 Å². The maximum atomic E-state index is 13.1. The Kier molecular flexibility index (Phi) is 6.79. The standard InChI is InChI=1S/C22H19BrN2O5/c23-16-6-8-17(9-7-16)25-20(27)14-18(22(25)30)24(19(26)10-11-21(28)29)13-12-15-4-2-1-3-5-15/h1-11,18H,12-14H2,(H,28,29). The summed E-state index contributed by atoms with van der Waals surface area (Å²) in [6.45, 7) is 0.171. The zero-order valence-corrected chi connectivity index (χ0v) is 17.5. The molecule has 3 amide bonds. The number of hydrogen-bond donors (Lipinski definition) is 1. The maximum absolute atomic E-state index is 13.1. The van der Waals surface area contributed by atoms with Crippen LogP contribution in [0.5, 0.6) is 0 Å². The summed E-state index contributed by atoms with van der Waals surface area (Å²) < 4.78 is 0.806. The Morgan fingerprint density at radius 3 is 2.37 bits per heavy atom. The van der Waals surface area contributed by atoms with Crippen LogP contribution in [0.3, 0.4) is 0 Å². The summed E-state index contributed by atoms with van der Waals surface area (Å²) in [5.41, 5.74) is 1.38. The maximum Gasteiger partial charge on any atom is 0.328 e. The van der Waals surface area contributed by atoms with E-state index in [4.69, 9.17) is 5.11 Å². The average Bonchev–Trinajstić information content (AvgIpc) is 3.02. The number of benzene rings is 2. The summed E-state index contributed by atoms with van der Waals surface area (Å²) >= 11 is 3.31. The molecule has 30 heavy (non-hydrogen) atoms. The average molecular weight is 471 g/mol. The molecule has 1 heterocycles. The SMILES string of the molecule is O=C(O)C=CC(=O)N(CCc1ccccc1)C1CC(=O)N(c2ccc(Br)cc2)C1=O. The normalized spacial score (nSPS) is 16.3. The lowest BCUT2D eigenvalue weighted by atomic mass is 10.1. The molecule has 3 rings (SSSR count). The van der Waals surface area contributed by atoms with E-state index < -0.39 is 29.7 Å². The van der Waals surface area contributed by atoms with Crippen LogP contribution in [-0.4, -0.2) is 46.3 Å². The first-order valence-corrected chi connectivity index (χ1v) is 10.0. The molecule has 1 N–H and O–H groups in total. The highest BCUT2D eigenvalue weighted by atomic mass is 79.9. The fourth-order valence-corrected chi connectivity index (χ4v) is 3.54. The van der Waals surface area contributed by atoms with Crippen molar-refractivity contribution in [2.75, 3.05) is 11.4 Å². The van der Waals surface area contributed by atoms with Crippen molar-refractivity contribution in [1.82, 2.24) is 4.90 Å². The van der Waals surface area contributed by atoms with E-state index >= 15 is 0 Å². The lowest BCUT2D eigenvalue weighted by molar-refractivity contribution is -0.135. The number of carboxylic acid groups (broad SMARTS) is 1. The highest BCUT2D eigenvalue weighted by molar-refractivity contribution is 9.10. The molecular weight excluding hydrogens is 452 g/mol. The van der Waals surface area contributed by atoms with E-state index in [9.17, 15) is 19.2 Å². The predicted octanol–water partition coefficient (Wildman–Crippen LogP) is 2.79. The minimum absolute atomic E-state index is 0.156. The monoisotopic (exact) mass is 470 g/mol. The second kappa shape index (κ2) is 9.49. The van der Waals surface area contributed by atoms with Crippen molar-refractivity contribution in [1.29, 1.82) is 0 Å². The fraction of sp³-hybridized carbons (Fsp3) is 0.182. The smallest absolute Gasteiger partial charge is 0.328 e. The number of aliphatic carboxylic acids is 1. The molecule has 0 saturated carbocycles. The fourth-order valence-electron chi connectivity index (χ4n) is 3.27. The number of carbonyl (C=O) groups excluding carboxylic acids is 3. The number of halogens is 1. The molecule has 0 bridgehead atoms. The first-order chi connectivity index (χ1) is 14.4. The van der Waals surface area contributed by atoms with Gasteiger partial charge in [-0.3, -0.25) is 14.4 Å². The molecule has 7 nitrogen and oxygen atoms in total. The van der Waals surface area contributed by atoms with Crippen LogP contribution in [0, 0.1) is 0 Å². The van der Waals surface area contributed by atoms with Gasteiger partial charge in [-0.25, -0.2) is 9.69 Å². The summed E-state index contributed by atoms with van der Waals surface area (Å²) in [6, 6.07) is 15.1. The van der Waals surface area contributed by atoms with Crippen LogP contribution < -0.4 is 4.90 Å². The number of hydrogen-bond acceptors (Lipinski definition) is 4. The van der Waals surface area contributed by atoms with Gasteiger partial charge in [-0.2, -0.15) is 0 Å². The Hall–Kier alpha value is -3.26. The molecule has 2 aromatic carbocycles. The lowest BCUT2D eigenvalue weighted by Gasteiger charge is -2.26. The van der Waals surface area contributed by atoms with Crippen LogP contribution in [0.1, 0.15) is 12.0 Å². The first kappa shape index (κ1) is 21.4. The Bertz CT molecular complexity index is 988. The van der Waals surface area contributed by atoms with Gasteiger partial charge in [-0.15, -0.1) is 0 Å². The van der Waals surface area contributed by atoms with E-state index in [-0.39, 0.29) is 13.0 Å². The van der Waals surface area contributed by atoms with Gasteiger partial charge < -0.3 is 10.0 Å². The van der Waals surface area contributed by atoms with Crippen molar-refractivity contribution in [2.24, 2.45) is 0 Å². The number of carboxylic acids is 1. The molecule has 1 aliphatic heterocycles. The Morgan fingerprint density at radius 1 is 1.07 bits per heavy atom. The van der Waals surface area contributed by atoms with E-state index in [1.807, 2.05) is 30.3 Å². The van der Waals surface area contributed by atoms with Gasteiger partial charge in [0.15, 0.2) is 0 Å². The van der Waals surface area contributed by atoms with Crippen LogP contribution in [0.15, 0.2) is 71.2 Å². The van der Waals surface area contributed by atoms with Gasteiger partial charge in [0.25, 0.3) is 5.91 Å². The van der Waals surface area contributed by atoms with Crippen molar-refractivity contribution < 1.29 is 24.3 Å². The van der Waals surface area contributed by atoms with E-state index in [0.717, 1.165) is 27.1 Å². The van der Waals surface area contributed by atoms with Gasteiger partial charge in [0.1, 0.15) is 6.04 Å². The van der Waals surface area contributed by atoms with Crippen molar-refractivity contribution in [2.45, 2.75) is 18.9 Å². The second-order valence-corrected chi connectivity index (χ2v) is 7.62. The highest BCUT2D eigenvalue weighted by Crippen LogP contribution is 2.27. The summed E-state index contributed by atoms with van der Waals surface area (Å²) in [4.78, 5) is 51.5. The van der Waals surface area contributed by atoms with E-state index in [1.165, 1.54) is 4.90 Å². The van der Waals surface area contributed by atoms with Crippen LogP contribution in [0.2, 0.25) is 0 Å². The first-order valence-electron chi connectivity index (χ1n) is 9.24. The van der Waals surface area contributed by atoms with Crippen molar-refractivity contribution >= 4 is 45.3 Å². The van der Waals surface area contributed by atoms with E-state index in [0.29, 0.717) is 12.1 Å². The van der Waals surface area contributed by atoms with E-state index in [2.05, 4.69) is 15.9 Å². The van der Waals surface area contributed by atoms with Gasteiger partial charge in [-0.1, -0.05) is 46.3 Å². The third-order valence-electron chi connectivity index (χ3n) is 4.72. The number of carbonyl (C=O) groups is 4. The molecule has 0 aliphatic carbocycles. The van der Waals surface area contributed by atoms with Crippen LogP contribution in [0.4, 0.5) is 5.69 Å². The predicted molar refractivity (Wildman–Crippen MR) is 114 cm³/mol. The summed E-state index contributed by atoms with van der Waals surface area (Å²) in [7, 11) is 0. The Morgan fingerprint density at radius 2 is 1.73 bits per heavy atom. The van der Waals surface area contributed by atoms with Crippen molar-refractivity contribution in [3.63, 3.8) is 0 Å². The molecule has 0 aromatic heterocycles. The minimum atomic E-state index is -1.27. The zero-order chi connectivity index (χ0) is 21.7. The molecule has 154 valence electrons. The summed E-state index contributed by atoms with van der Waals surface area (Å²) in [5, 5.41) is 8.83. The third kappa shape index (κ3) is 5.01. The van der Waals surface area contributed by atoms with Gasteiger partial charge >= 0.3 is 5.97 Å².